The second-order valence-electron chi connectivity index (χ2n) is 7.31. The van der Waals surface area contributed by atoms with Gasteiger partial charge in [-0.3, -0.25) is 14.2 Å². The molecule has 0 spiro atoms. The molecule has 5 aromatic rings. The molecule has 0 radical (unpaired) electrons. The molecule has 7 heteroatoms. The van der Waals surface area contributed by atoms with Crippen LogP contribution in [0.25, 0.3) is 20.7 Å². The quantitative estimate of drug-likeness (QED) is 0.386. The van der Waals surface area contributed by atoms with Gasteiger partial charge in [0.25, 0.3) is 5.56 Å². The molecule has 0 aliphatic carbocycles. The Labute approximate surface area is 192 Å². The van der Waals surface area contributed by atoms with Gasteiger partial charge in [0.05, 0.1) is 17.8 Å². The van der Waals surface area contributed by atoms with Crippen LogP contribution in [0.2, 0.25) is 0 Å². The van der Waals surface area contributed by atoms with E-state index in [1.54, 1.807) is 11.3 Å². The predicted octanol–water partition coefficient (Wildman–Crippen LogP) is 5.09. The van der Waals surface area contributed by atoms with Crippen molar-refractivity contribution in [3.05, 3.63) is 111 Å². The number of carbonyl (C=O) groups excluding carboxylic acids is 1. The molecule has 1 N–H and O–H groups in total. The highest BCUT2D eigenvalue weighted by atomic mass is 32.1. The van der Waals surface area contributed by atoms with Gasteiger partial charge in [-0.05, 0) is 22.6 Å². The molecule has 1 amide bonds. The van der Waals surface area contributed by atoms with Crippen molar-refractivity contribution in [2.45, 2.75) is 12.6 Å². The molecule has 2 aromatic carbocycles. The van der Waals surface area contributed by atoms with E-state index in [0.717, 1.165) is 21.6 Å². The fourth-order valence-corrected chi connectivity index (χ4v) is 5.43. The molecule has 0 saturated heterocycles. The van der Waals surface area contributed by atoms with E-state index in [0.29, 0.717) is 10.2 Å². The summed E-state index contributed by atoms with van der Waals surface area (Å²) in [4.78, 5) is 32.4. The Bertz CT molecular complexity index is 1370. The Morgan fingerprint density at radius 2 is 1.62 bits per heavy atom. The van der Waals surface area contributed by atoms with Crippen molar-refractivity contribution in [3.63, 3.8) is 0 Å². The lowest BCUT2D eigenvalue weighted by molar-refractivity contribution is -0.122. The first-order chi connectivity index (χ1) is 15.7. The Morgan fingerprint density at radius 3 is 2.25 bits per heavy atom. The molecule has 5 rings (SSSR count). The average Bonchev–Trinajstić information content (AvgIpc) is 3.51. The number of thiophene rings is 2. The minimum absolute atomic E-state index is 0.0995. The van der Waals surface area contributed by atoms with Crippen LogP contribution in [0.4, 0.5) is 0 Å². The molecule has 0 unspecified atom stereocenters. The third-order valence-corrected chi connectivity index (χ3v) is 7.02. The van der Waals surface area contributed by atoms with Crippen LogP contribution < -0.4 is 10.9 Å². The molecular weight excluding hydrogens is 438 g/mol. The van der Waals surface area contributed by atoms with E-state index in [9.17, 15) is 9.59 Å². The van der Waals surface area contributed by atoms with Gasteiger partial charge in [0, 0.05) is 15.8 Å². The Hall–Kier alpha value is -3.55. The minimum Gasteiger partial charge on any atom is -0.344 e. The number of amides is 1. The van der Waals surface area contributed by atoms with E-state index >= 15 is 0 Å². The maximum absolute atomic E-state index is 13.2. The minimum atomic E-state index is -0.305. The van der Waals surface area contributed by atoms with Crippen molar-refractivity contribution in [1.29, 1.82) is 0 Å². The molecule has 0 aliphatic rings. The highest BCUT2D eigenvalue weighted by molar-refractivity contribution is 7.18. The summed E-state index contributed by atoms with van der Waals surface area (Å²) in [7, 11) is 0. The molecule has 0 bridgehead atoms. The van der Waals surface area contributed by atoms with Gasteiger partial charge < -0.3 is 5.32 Å². The van der Waals surface area contributed by atoms with Crippen molar-refractivity contribution in [3.8, 4) is 10.4 Å². The van der Waals surface area contributed by atoms with Gasteiger partial charge in [-0.2, -0.15) is 0 Å². The summed E-state index contributed by atoms with van der Waals surface area (Å²) in [5, 5.41) is 7.59. The summed E-state index contributed by atoms with van der Waals surface area (Å²) < 4.78 is 1.38. The SMILES string of the molecule is O=C(Cn1cnc2scc(-c3cccs3)c2c1=O)NC(c1ccccc1)c1ccccc1. The highest BCUT2D eigenvalue weighted by Crippen LogP contribution is 2.33. The molecule has 158 valence electrons. The van der Waals surface area contributed by atoms with Gasteiger partial charge >= 0.3 is 0 Å². The van der Waals surface area contributed by atoms with E-state index in [-0.39, 0.29) is 24.1 Å². The Kier molecular flexibility index (Phi) is 5.66. The number of aromatic nitrogens is 2. The molecule has 3 heterocycles. The molecule has 0 atom stereocenters. The van der Waals surface area contributed by atoms with Gasteiger partial charge in [0.15, 0.2) is 0 Å². The summed E-state index contributed by atoms with van der Waals surface area (Å²) in [5.74, 6) is -0.251. The lowest BCUT2D eigenvalue weighted by atomic mass is 9.99. The Balaban J connectivity index is 1.45. The van der Waals surface area contributed by atoms with Crippen LogP contribution in [0.5, 0.6) is 0 Å². The molecule has 0 fully saturated rings. The van der Waals surface area contributed by atoms with Crippen LogP contribution in [0, 0.1) is 0 Å². The van der Waals surface area contributed by atoms with E-state index in [1.807, 2.05) is 83.6 Å². The molecule has 3 aromatic heterocycles. The van der Waals surface area contributed by atoms with E-state index in [4.69, 9.17) is 0 Å². The smallest absolute Gasteiger partial charge is 0.263 e. The summed E-state index contributed by atoms with van der Waals surface area (Å²) in [5.41, 5.74) is 2.63. The van der Waals surface area contributed by atoms with E-state index in [1.165, 1.54) is 22.2 Å². The molecule has 32 heavy (non-hydrogen) atoms. The van der Waals surface area contributed by atoms with Gasteiger partial charge in [-0.15, -0.1) is 22.7 Å². The van der Waals surface area contributed by atoms with Crippen LogP contribution in [-0.4, -0.2) is 15.5 Å². The number of fused-ring (bicyclic) bond motifs is 1. The second kappa shape index (κ2) is 8.90. The van der Waals surface area contributed by atoms with Gasteiger partial charge in [0.1, 0.15) is 11.4 Å². The largest absolute Gasteiger partial charge is 0.344 e. The first-order valence-electron chi connectivity index (χ1n) is 10.1. The first-order valence-corrected chi connectivity index (χ1v) is 11.9. The molecular formula is C25H19N3O2S2. The first kappa shape index (κ1) is 20.4. The molecule has 0 saturated carbocycles. The highest BCUT2D eigenvalue weighted by Gasteiger charge is 2.19. The zero-order valence-corrected chi connectivity index (χ0v) is 18.6. The maximum atomic E-state index is 13.2. The van der Waals surface area contributed by atoms with Crippen molar-refractivity contribution in [1.82, 2.24) is 14.9 Å². The monoisotopic (exact) mass is 457 g/mol. The van der Waals surface area contributed by atoms with Crippen LogP contribution >= 0.6 is 22.7 Å². The molecule has 0 aliphatic heterocycles. The normalized spacial score (nSPS) is 11.2. The third-order valence-electron chi connectivity index (χ3n) is 5.23. The topological polar surface area (TPSA) is 64.0 Å². The zero-order valence-electron chi connectivity index (χ0n) is 17.0. The number of benzene rings is 2. The summed E-state index contributed by atoms with van der Waals surface area (Å²) in [6.07, 6.45) is 1.46. The van der Waals surface area contributed by atoms with Gasteiger partial charge in [-0.1, -0.05) is 66.7 Å². The van der Waals surface area contributed by atoms with Gasteiger partial charge in [0.2, 0.25) is 5.91 Å². The van der Waals surface area contributed by atoms with Crippen LogP contribution in [0.15, 0.2) is 94.7 Å². The number of nitrogens with zero attached hydrogens (tertiary/aromatic N) is 2. The van der Waals surface area contributed by atoms with E-state index in [2.05, 4.69) is 10.3 Å². The van der Waals surface area contributed by atoms with Crippen molar-refractivity contribution < 1.29 is 4.79 Å². The summed E-state index contributed by atoms with van der Waals surface area (Å²) >= 11 is 3.02. The number of carbonyl (C=O) groups is 1. The number of nitrogens with one attached hydrogen (secondary N) is 1. The second-order valence-corrected chi connectivity index (χ2v) is 9.11. The van der Waals surface area contributed by atoms with Crippen molar-refractivity contribution in [2.24, 2.45) is 0 Å². The lowest BCUT2D eigenvalue weighted by Crippen LogP contribution is -2.35. The van der Waals surface area contributed by atoms with Crippen LogP contribution in [0.1, 0.15) is 17.2 Å². The lowest BCUT2D eigenvalue weighted by Gasteiger charge is -2.20. The third kappa shape index (κ3) is 4.00. The Morgan fingerprint density at radius 1 is 0.938 bits per heavy atom. The predicted molar refractivity (Wildman–Crippen MR) is 130 cm³/mol. The number of hydrogen-bond donors (Lipinski definition) is 1. The summed E-state index contributed by atoms with van der Waals surface area (Å²) in [6, 6.07) is 23.2. The van der Waals surface area contributed by atoms with Crippen LogP contribution in [0.3, 0.4) is 0 Å². The fraction of sp³-hybridized carbons (Fsp3) is 0.0800. The average molecular weight is 458 g/mol. The summed E-state index contributed by atoms with van der Waals surface area (Å²) in [6.45, 7) is -0.0995. The molecule has 5 nitrogen and oxygen atoms in total. The standard InChI is InChI=1S/C25H19N3O2S2/c29-21(27-23(17-8-3-1-4-9-17)18-10-5-2-6-11-18)14-28-16-26-24-22(25(28)30)19(15-32-24)20-12-7-13-31-20/h1-13,15-16,23H,14H2,(H,27,29). The van der Waals surface area contributed by atoms with Crippen LogP contribution in [-0.2, 0) is 11.3 Å². The number of hydrogen-bond acceptors (Lipinski definition) is 5. The van der Waals surface area contributed by atoms with Crippen molar-refractivity contribution in [2.75, 3.05) is 0 Å². The van der Waals surface area contributed by atoms with Gasteiger partial charge in [-0.25, -0.2) is 4.98 Å². The fourth-order valence-electron chi connectivity index (χ4n) is 3.70. The van der Waals surface area contributed by atoms with E-state index < -0.39 is 0 Å². The number of rotatable bonds is 6. The maximum Gasteiger partial charge on any atom is 0.263 e. The van der Waals surface area contributed by atoms with Crippen molar-refractivity contribution >= 4 is 38.8 Å². The zero-order chi connectivity index (χ0) is 21.9.